The maximum atomic E-state index is 11.4. The molecule has 1 heterocycles. The summed E-state index contributed by atoms with van der Waals surface area (Å²) in [6.45, 7) is 5.86. The summed E-state index contributed by atoms with van der Waals surface area (Å²) in [6, 6.07) is 0.241. The molecule has 1 fully saturated rings. The van der Waals surface area contributed by atoms with Crippen LogP contribution in [0.3, 0.4) is 0 Å². The summed E-state index contributed by atoms with van der Waals surface area (Å²) >= 11 is 0. The Morgan fingerprint density at radius 2 is 1.82 bits per heavy atom. The molecule has 0 bridgehead atoms. The molecule has 0 aliphatic heterocycles. The highest BCUT2D eigenvalue weighted by Gasteiger charge is 2.26. The van der Waals surface area contributed by atoms with E-state index in [1.165, 1.54) is 12.7 Å². The summed E-state index contributed by atoms with van der Waals surface area (Å²) in [5.41, 5.74) is 5.46. The van der Waals surface area contributed by atoms with Crippen molar-refractivity contribution in [3.05, 3.63) is 16.4 Å². The maximum Gasteiger partial charge on any atom is 0.354 e. The van der Waals surface area contributed by atoms with Crippen molar-refractivity contribution in [3.8, 4) is 0 Å². The lowest BCUT2D eigenvalue weighted by atomic mass is 9.95. The molecule has 1 aliphatic rings. The first-order chi connectivity index (χ1) is 10.4. The molecule has 1 aromatic rings. The summed E-state index contributed by atoms with van der Waals surface area (Å²) in [7, 11) is 0. The third-order valence-corrected chi connectivity index (χ3v) is 3.51. The number of nitrogens with one attached hydrogen (secondary N) is 3. The quantitative estimate of drug-likeness (QED) is 0.567. The summed E-state index contributed by atoms with van der Waals surface area (Å²) < 4.78 is 0. The lowest BCUT2D eigenvalue weighted by molar-refractivity contribution is -0.383. The SMILES string of the molecule is CC(C)(C)NNc1ncnc(NC2CCCCC2)c1[N+](=O)[O-]. The second-order valence-electron chi connectivity index (χ2n) is 6.66. The summed E-state index contributed by atoms with van der Waals surface area (Å²) in [5.74, 6) is 0.457. The number of aromatic nitrogens is 2. The van der Waals surface area contributed by atoms with Crippen molar-refractivity contribution in [2.75, 3.05) is 10.7 Å². The molecule has 2 rings (SSSR count). The molecule has 8 heteroatoms. The molecule has 0 spiro atoms. The van der Waals surface area contributed by atoms with E-state index in [-0.39, 0.29) is 28.9 Å². The fraction of sp³-hybridized carbons (Fsp3) is 0.714. The van der Waals surface area contributed by atoms with E-state index in [4.69, 9.17) is 0 Å². The largest absolute Gasteiger partial charge is 0.361 e. The molecule has 0 atom stereocenters. The van der Waals surface area contributed by atoms with Crippen molar-refractivity contribution in [2.45, 2.75) is 64.5 Å². The van der Waals surface area contributed by atoms with E-state index < -0.39 is 4.92 Å². The monoisotopic (exact) mass is 308 g/mol. The topological polar surface area (TPSA) is 105 Å². The molecule has 1 aliphatic carbocycles. The minimum Gasteiger partial charge on any atom is -0.361 e. The zero-order chi connectivity index (χ0) is 16.2. The summed E-state index contributed by atoms with van der Waals surface area (Å²) in [6.07, 6.45) is 6.89. The molecule has 122 valence electrons. The number of rotatable bonds is 5. The van der Waals surface area contributed by atoms with E-state index in [1.54, 1.807) is 0 Å². The van der Waals surface area contributed by atoms with E-state index >= 15 is 0 Å². The van der Waals surface area contributed by atoms with Gasteiger partial charge >= 0.3 is 5.69 Å². The standard InChI is InChI=1S/C14H24N6O2/c1-14(2,3)19-18-13-11(20(21)22)12(15-9-16-13)17-10-7-5-4-6-8-10/h9-10,19H,4-8H2,1-3H3,(H2,15,16,17,18). The Hall–Kier alpha value is -1.96. The Morgan fingerprint density at radius 3 is 2.41 bits per heavy atom. The van der Waals surface area contributed by atoms with Gasteiger partial charge in [-0.2, -0.15) is 0 Å². The first kappa shape index (κ1) is 16.4. The van der Waals surface area contributed by atoms with Gasteiger partial charge in [-0.25, -0.2) is 15.4 Å². The van der Waals surface area contributed by atoms with Crippen LogP contribution in [0.2, 0.25) is 0 Å². The van der Waals surface area contributed by atoms with E-state index in [0.717, 1.165) is 25.7 Å². The Kier molecular flexibility index (Phi) is 5.12. The van der Waals surface area contributed by atoms with E-state index in [0.29, 0.717) is 0 Å². The van der Waals surface area contributed by atoms with Crippen molar-refractivity contribution in [2.24, 2.45) is 0 Å². The van der Waals surface area contributed by atoms with Gasteiger partial charge in [0.2, 0.25) is 11.6 Å². The molecule has 0 radical (unpaired) electrons. The average Bonchev–Trinajstić information content (AvgIpc) is 2.45. The molecular formula is C14H24N6O2. The van der Waals surface area contributed by atoms with Crippen molar-refractivity contribution in [1.29, 1.82) is 0 Å². The number of anilines is 2. The smallest absolute Gasteiger partial charge is 0.354 e. The minimum atomic E-state index is -0.447. The third-order valence-electron chi connectivity index (χ3n) is 3.51. The highest BCUT2D eigenvalue weighted by molar-refractivity contribution is 5.69. The second-order valence-corrected chi connectivity index (χ2v) is 6.66. The van der Waals surface area contributed by atoms with Gasteiger partial charge in [0, 0.05) is 11.6 Å². The minimum absolute atomic E-state index is 0.121. The fourth-order valence-electron chi connectivity index (χ4n) is 2.44. The lowest BCUT2D eigenvalue weighted by Gasteiger charge is -2.24. The molecule has 22 heavy (non-hydrogen) atoms. The molecule has 0 saturated heterocycles. The molecular weight excluding hydrogens is 284 g/mol. The zero-order valence-corrected chi connectivity index (χ0v) is 13.3. The molecule has 0 aromatic carbocycles. The lowest BCUT2D eigenvalue weighted by Crippen LogP contribution is -2.40. The Bertz CT molecular complexity index is 523. The predicted octanol–water partition coefficient (Wildman–Crippen LogP) is 2.84. The van der Waals surface area contributed by atoms with Crippen LogP contribution in [-0.2, 0) is 0 Å². The Balaban J connectivity index is 2.19. The molecule has 1 saturated carbocycles. The number of hydrogen-bond donors (Lipinski definition) is 3. The summed E-state index contributed by atoms with van der Waals surface area (Å²) in [4.78, 5) is 19.0. The number of nitrogens with zero attached hydrogens (tertiary/aromatic N) is 3. The molecule has 8 nitrogen and oxygen atoms in total. The van der Waals surface area contributed by atoms with E-state index in [1.807, 2.05) is 20.8 Å². The number of hydrazine groups is 1. The average molecular weight is 308 g/mol. The third kappa shape index (κ3) is 4.52. The van der Waals surface area contributed by atoms with Gasteiger partial charge < -0.3 is 5.32 Å². The second kappa shape index (κ2) is 6.87. The Labute approximate surface area is 130 Å². The van der Waals surface area contributed by atoms with Crippen LogP contribution in [0.15, 0.2) is 6.33 Å². The van der Waals surface area contributed by atoms with Gasteiger partial charge in [0.25, 0.3) is 0 Å². The van der Waals surface area contributed by atoms with Crippen LogP contribution in [0.1, 0.15) is 52.9 Å². The molecule has 0 unspecified atom stereocenters. The maximum absolute atomic E-state index is 11.4. The van der Waals surface area contributed by atoms with Crippen LogP contribution >= 0.6 is 0 Å². The van der Waals surface area contributed by atoms with Gasteiger partial charge in [0.05, 0.1) is 4.92 Å². The van der Waals surface area contributed by atoms with Crippen LogP contribution in [0.5, 0.6) is 0 Å². The number of hydrogen-bond acceptors (Lipinski definition) is 7. The summed E-state index contributed by atoms with van der Waals surface area (Å²) in [5, 5.41) is 14.6. The molecule has 0 amide bonds. The first-order valence-corrected chi connectivity index (χ1v) is 7.66. The first-order valence-electron chi connectivity index (χ1n) is 7.66. The molecule has 3 N–H and O–H groups in total. The zero-order valence-electron chi connectivity index (χ0n) is 13.3. The van der Waals surface area contributed by atoms with Crippen molar-refractivity contribution >= 4 is 17.3 Å². The molecule has 1 aromatic heterocycles. The van der Waals surface area contributed by atoms with Crippen molar-refractivity contribution in [1.82, 2.24) is 15.4 Å². The van der Waals surface area contributed by atoms with Gasteiger partial charge in [-0.05, 0) is 33.6 Å². The van der Waals surface area contributed by atoms with E-state index in [2.05, 4.69) is 26.1 Å². The van der Waals surface area contributed by atoms with Gasteiger partial charge in [-0.3, -0.25) is 15.5 Å². The van der Waals surface area contributed by atoms with Crippen LogP contribution in [-0.4, -0.2) is 26.5 Å². The van der Waals surface area contributed by atoms with Crippen molar-refractivity contribution < 1.29 is 4.92 Å². The van der Waals surface area contributed by atoms with Gasteiger partial charge in [-0.1, -0.05) is 19.3 Å². The normalized spacial score (nSPS) is 16.3. The highest BCUT2D eigenvalue weighted by Crippen LogP contribution is 2.31. The highest BCUT2D eigenvalue weighted by atomic mass is 16.6. The van der Waals surface area contributed by atoms with Crippen LogP contribution in [0, 0.1) is 10.1 Å². The van der Waals surface area contributed by atoms with Crippen LogP contribution < -0.4 is 16.2 Å². The van der Waals surface area contributed by atoms with Gasteiger partial charge in [0.1, 0.15) is 6.33 Å². The predicted molar refractivity (Wildman–Crippen MR) is 85.7 cm³/mol. The van der Waals surface area contributed by atoms with Crippen molar-refractivity contribution in [3.63, 3.8) is 0 Å². The van der Waals surface area contributed by atoms with Gasteiger partial charge in [-0.15, -0.1) is 0 Å². The Morgan fingerprint density at radius 1 is 1.18 bits per heavy atom. The van der Waals surface area contributed by atoms with Gasteiger partial charge in [0.15, 0.2) is 0 Å². The fourth-order valence-corrected chi connectivity index (χ4v) is 2.44. The van der Waals surface area contributed by atoms with Crippen LogP contribution in [0.4, 0.5) is 17.3 Å². The van der Waals surface area contributed by atoms with E-state index in [9.17, 15) is 10.1 Å². The van der Waals surface area contributed by atoms with Crippen LogP contribution in [0.25, 0.3) is 0 Å². The number of nitro groups is 1.